The molecule has 10 heavy (non-hydrogen) atoms. The molecule has 1 fully saturated rings. The normalized spacial score (nSPS) is 19.5. The molecule has 1 aliphatic rings. The van der Waals surface area contributed by atoms with E-state index in [0.717, 1.165) is 11.2 Å². The maximum atomic E-state index is 3.28. The van der Waals surface area contributed by atoms with E-state index >= 15 is 0 Å². The predicted molar refractivity (Wildman–Crippen MR) is 48.6 cm³/mol. The molecule has 1 rings (SSSR count). The standard InChI is InChI=1S/C8H17NS/c1-7(2)3-4-10-8-5-9-6-8/h7-9H,3-6H2,1-2H3. The zero-order valence-electron chi connectivity index (χ0n) is 6.89. The van der Waals surface area contributed by atoms with E-state index in [1.165, 1.54) is 25.3 Å². The Labute approximate surface area is 68.0 Å². The van der Waals surface area contributed by atoms with Crippen molar-refractivity contribution in [3.8, 4) is 0 Å². The first kappa shape index (κ1) is 8.41. The molecule has 1 N–H and O–H groups in total. The average molecular weight is 159 g/mol. The maximum Gasteiger partial charge on any atom is 0.0297 e. The van der Waals surface area contributed by atoms with Gasteiger partial charge in [-0.05, 0) is 18.1 Å². The van der Waals surface area contributed by atoms with Crippen molar-refractivity contribution >= 4 is 11.8 Å². The predicted octanol–water partition coefficient (Wildman–Crippen LogP) is 1.74. The van der Waals surface area contributed by atoms with Gasteiger partial charge in [-0.15, -0.1) is 0 Å². The smallest absolute Gasteiger partial charge is 0.0297 e. The average Bonchev–Trinajstić information content (AvgIpc) is 1.75. The minimum Gasteiger partial charge on any atom is -0.314 e. The van der Waals surface area contributed by atoms with Crippen LogP contribution in [0.15, 0.2) is 0 Å². The van der Waals surface area contributed by atoms with Crippen molar-refractivity contribution in [2.45, 2.75) is 25.5 Å². The second kappa shape index (κ2) is 4.24. The van der Waals surface area contributed by atoms with Crippen LogP contribution in [0.3, 0.4) is 0 Å². The molecule has 0 saturated carbocycles. The Morgan fingerprint density at radius 2 is 2.20 bits per heavy atom. The fraction of sp³-hybridized carbons (Fsp3) is 1.00. The summed E-state index contributed by atoms with van der Waals surface area (Å²) in [6.07, 6.45) is 1.38. The van der Waals surface area contributed by atoms with Gasteiger partial charge < -0.3 is 5.32 Å². The van der Waals surface area contributed by atoms with Gasteiger partial charge in [0.2, 0.25) is 0 Å². The fourth-order valence-electron chi connectivity index (χ4n) is 0.850. The van der Waals surface area contributed by atoms with Gasteiger partial charge in [-0.1, -0.05) is 13.8 Å². The van der Waals surface area contributed by atoms with E-state index in [2.05, 4.69) is 30.9 Å². The summed E-state index contributed by atoms with van der Waals surface area (Å²) < 4.78 is 0. The molecule has 0 aromatic heterocycles. The summed E-state index contributed by atoms with van der Waals surface area (Å²) in [5.74, 6) is 2.23. The van der Waals surface area contributed by atoms with Crippen LogP contribution in [0.1, 0.15) is 20.3 Å². The van der Waals surface area contributed by atoms with Crippen molar-refractivity contribution in [2.24, 2.45) is 5.92 Å². The third-order valence-electron chi connectivity index (χ3n) is 1.79. The zero-order chi connectivity index (χ0) is 7.40. The van der Waals surface area contributed by atoms with E-state index in [-0.39, 0.29) is 0 Å². The van der Waals surface area contributed by atoms with Crippen molar-refractivity contribution in [2.75, 3.05) is 18.8 Å². The van der Waals surface area contributed by atoms with Gasteiger partial charge in [0, 0.05) is 18.3 Å². The van der Waals surface area contributed by atoms with E-state index in [1.54, 1.807) is 0 Å². The summed E-state index contributed by atoms with van der Waals surface area (Å²) in [5, 5.41) is 4.21. The SMILES string of the molecule is CC(C)CCSC1CNC1. The Morgan fingerprint density at radius 1 is 1.50 bits per heavy atom. The molecule has 60 valence electrons. The molecule has 0 aliphatic carbocycles. The minimum absolute atomic E-state index is 0.875. The molecule has 1 nitrogen and oxygen atoms in total. The van der Waals surface area contributed by atoms with Gasteiger partial charge in [0.05, 0.1) is 0 Å². The monoisotopic (exact) mass is 159 g/mol. The molecule has 1 heterocycles. The van der Waals surface area contributed by atoms with Gasteiger partial charge in [-0.25, -0.2) is 0 Å². The lowest BCUT2D eigenvalue weighted by atomic mass is 10.2. The molecule has 1 aliphatic heterocycles. The van der Waals surface area contributed by atoms with Gasteiger partial charge >= 0.3 is 0 Å². The third kappa shape index (κ3) is 2.93. The maximum absolute atomic E-state index is 3.28. The van der Waals surface area contributed by atoms with Crippen LogP contribution in [0.2, 0.25) is 0 Å². The molecule has 0 aromatic rings. The Hall–Kier alpha value is 0.310. The summed E-state index contributed by atoms with van der Waals surface area (Å²) in [6, 6.07) is 0. The first-order valence-corrected chi connectivity index (χ1v) is 5.16. The van der Waals surface area contributed by atoms with Gasteiger partial charge in [0.25, 0.3) is 0 Å². The Kier molecular flexibility index (Phi) is 3.57. The highest BCUT2D eigenvalue weighted by molar-refractivity contribution is 8.00. The molecule has 0 radical (unpaired) electrons. The summed E-state index contributed by atoms with van der Waals surface area (Å²) in [4.78, 5) is 0. The first-order chi connectivity index (χ1) is 4.79. The molecular weight excluding hydrogens is 142 g/mol. The summed E-state index contributed by atoms with van der Waals surface area (Å²) in [7, 11) is 0. The van der Waals surface area contributed by atoms with Crippen molar-refractivity contribution in [3.05, 3.63) is 0 Å². The second-order valence-corrected chi connectivity index (χ2v) is 4.74. The van der Waals surface area contributed by atoms with Crippen LogP contribution >= 0.6 is 11.8 Å². The van der Waals surface area contributed by atoms with Crippen LogP contribution in [0.5, 0.6) is 0 Å². The highest BCUT2D eigenvalue weighted by atomic mass is 32.2. The Morgan fingerprint density at radius 3 is 2.60 bits per heavy atom. The van der Waals surface area contributed by atoms with E-state index in [1.807, 2.05) is 0 Å². The van der Waals surface area contributed by atoms with Gasteiger partial charge in [-0.2, -0.15) is 11.8 Å². The van der Waals surface area contributed by atoms with Crippen LogP contribution in [0.25, 0.3) is 0 Å². The quantitative estimate of drug-likeness (QED) is 0.670. The highest BCUT2D eigenvalue weighted by Gasteiger charge is 2.15. The van der Waals surface area contributed by atoms with E-state index in [9.17, 15) is 0 Å². The van der Waals surface area contributed by atoms with E-state index < -0.39 is 0 Å². The number of thioether (sulfide) groups is 1. The first-order valence-electron chi connectivity index (χ1n) is 4.11. The molecule has 0 unspecified atom stereocenters. The summed E-state index contributed by atoms with van der Waals surface area (Å²) in [5.41, 5.74) is 0. The Bertz CT molecular complexity index is 89.3. The van der Waals surface area contributed by atoms with Gasteiger partial charge in [0.15, 0.2) is 0 Å². The topological polar surface area (TPSA) is 12.0 Å². The van der Waals surface area contributed by atoms with Crippen molar-refractivity contribution in [1.82, 2.24) is 5.32 Å². The Balaban J connectivity index is 1.85. The number of nitrogens with one attached hydrogen (secondary N) is 1. The third-order valence-corrected chi connectivity index (χ3v) is 3.07. The van der Waals surface area contributed by atoms with Crippen molar-refractivity contribution < 1.29 is 0 Å². The fourth-order valence-corrected chi connectivity index (χ4v) is 2.26. The van der Waals surface area contributed by atoms with Crippen LogP contribution in [0, 0.1) is 5.92 Å². The minimum atomic E-state index is 0.875. The molecule has 0 bridgehead atoms. The molecule has 0 atom stereocenters. The van der Waals surface area contributed by atoms with Crippen LogP contribution in [0.4, 0.5) is 0 Å². The van der Waals surface area contributed by atoms with E-state index in [4.69, 9.17) is 0 Å². The largest absolute Gasteiger partial charge is 0.314 e. The van der Waals surface area contributed by atoms with Gasteiger partial charge in [0.1, 0.15) is 0 Å². The van der Waals surface area contributed by atoms with Crippen LogP contribution in [-0.4, -0.2) is 24.1 Å². The summed E-state index contributed by atoms with van der Waals surface area (Å²) in [6.45, 7) is 7.06. The number of rotatable bonds is 4. The number of hydrogen-bond acceptors (Lipinski definition) is 2. The van der Waals surface area contributed by atoms with E-state index in [0.29, 0.717) is 0 Å². The molecular formula is C8H17NS. The molecule has 0 spiro atoms. The zero-order valence-corrected chi connectivity index (χ0v) is 7.71. The van der Waals surface area contributed by atoms with Crippen LogP contribution in [-0.2, 0) is 0 Å². The lowest BCUT2D eigenvalue weighted by Crippen LogP contribution is -2.44. The van der Waals surface area contributed by atoms with Gasteiger partial charge in [-0.3, -0.25) is 0 Å². The lowest BCUT2D eigenvalue weighted by molar-refractivity contribution is 0.541. The summed E-state index contributed by atoms with van der Waals surface area (Å²) >= 11 is 2.13. The molecule has 0 amide bonds. The van der Waals surface area contributed by atoms with Crippen molar-refractivity contribution in [3.63, 3.8) is 0 Å². The highest BCUT2D eigenvalue weighted by Crippen LogP contribution is 2.17. The number of hydrogen-bond donors (Lipinski definition) is 1. The van der Waals surface area contributed by atoms with Crippen LogP contribution < -0.4 is 5.32 Å². The molecule has 0 aromatic carbocycles. The second-order valence-electron chi connectivity index (χ2n) is 3.33. The van der Waals surface area contributed by atoms with Crippen molar-refractivity contribution in [1.29, 1.82) is 0 Å². The lowest BCUT2D eigenvalue weighted by Gasteiger charge is -2.26. The molecule has 2 heteroatoms. The molecule has 1 saturated heterocycles.